The molecular formula is C19H15FN4O3. The summed E-state index contributed by atoms with van der Waals surface area (Å²) < 4.78 is 19.1. The predicted molar refractivity (Wildman–Crippen MR) is 95.9 cm³/mol. The number of amides is 2. The number of aromatic nitrogens is 2. The van der Waals surface area contributed by atoms with E-state index in [2.05, 4.69) is 20.6 Å². The SMILES string of the molecule is O=C(CNC(=O)c1ccccc1F)Nc1cccc(Oc2cnccn2)c1. The monoisotopic (exact) mass is 366 g/mol. The molecule has 0 saturated carbocycles. The molecule has 0 aliphatic rings. The molecule has 27 heavy (non-hydrogen) atoms. The fraction of sp³-hybridized carbons (Fsp3) is 0.0526. The molecular weight excluding hydrogens is 351 g/mol. The minimum Gasteiger partial charge on any atom is -0.437 e. The lowest BCUT2D eigenvalue weighted by Crippen LogP contribution is -2.33. The second kappa shape index (κ2) is 8.52. The van der Waals surface area contributed by atoms with E-state index < -0.39 is 17.6 Å². The highest BCUT2D eigenvalue weighted by Crippen LogP contribution is 2.21. The number of hydrogen-bond acceptors (Lipinski definition) is 5. The Morgan fingerprint density at radius 3 is 2.70 bits per heavy atom. The van der Waals surface area contributed by atoms with Gasteiger partial charge in [-0.25, -0.2) is 9.37 Å². The number of nitrogens with zero attached hydrogens (tertiary/aromatic N) is 2. The van der Waals surface area contributed by atoms with Gasteiger partial charge in [0.15, 0.2) is 0 Å². The minimum absolute atomic E-state index is 0.121. The number of anilines is 1. The third-order valence-electron chi connectivity index (χ3n) is 3.41. The summed E-state index contributed by atoms with van der Waals surface area (Å²) >= 11 is 0. The van der Waals surface area contributed by atoms with Crippen LogP contribution >= 0.6 is 0 Å². The Bertz CT molecular complexity index is 950. The lowest BCUT2D eigenvalue weighted by atomic mass is 10.2. The van der Waals surface area contributed by atoms with Crippen LogP contribution < -0.4 is 15.4 Å². The van der Waals surface area contributed by atoms with Crippen molar-refractivity contribution in [3.8, 4) is 11.6 Å². The van der Waals surface area contributed by atoms with Gasteiger partial charge in [-0.1, -0.05) is 18.2 Å². The van der Waals surface area contributed by atoms with Gasteiger partial charge in [0.2, 0.25) is 11.8 Å². The molecule has 2 aromatic carbocycles. The Balaban J connectivity index is 1.56. The molecule has 0 unspecified atom stereocenters. The summed E-state index contributed by atoms with van der Waals surface area (Å²) in [7, 11) is 0. The van der Waals surface area contributed by atoms with E-state index in [0.717, 1.165) is 0 Å². The topological polar surface area (TPSA) is 93.2 Å². The van der Waals surface area contributed by atoms with Crippen LogP contribution in [0.4, 0.5) is 10.1 Å². The maximum absolute atomic E-state index is 13.5. The van der Waals surface area contributed by atoms with Crippen molar-refractivity contribution < 1.29 is 18.7 Å². The fourth-order valence-corrected chi connectivity index (χ4v) is 2.20. The molecule has 0 spiro atoms. The van der Waals surface area contributed by atoms with Gasteiger partial charge >= 0.3 is 0 Å². The third kappa shape index (κ3) is 5.08. The molecule has 0 radical (unpaired) electrons. The van der Waals surface area contributed by atoms with Crippen LogP contribution in [0.2, 0.25) is 0 Å². The summed E-state index contributed by atoms with van der Waals surface area (Å²) in [5, 5.41) is 5.00. The molecule has 2 N–H and O–H groups in total. The van der Waals surface area contributed by atoms with E-state index in [0.29, 0.717) is 17.3 Å². The quantitative estimate of drug-likeness (QED) is 0.700. The first kappa shape index (κ1) is 18.0. The molecule has 0 fully saturated rings. The number of rotatable bonds is 6. The zero-order valence-electron chi connectivity index (χ0n) is 14.1. The van der Waals surface area contributed by atoms with E-state index >= 15 is 0 Å². The first-order valence-electron chi connectivity index (χ1n) is 7.98. The van der Waals surface area contributed by atoms with Crippen LogP contribution in [0, 0.1) is 5.82 Å². The van der Waals surface area contributed by atoms with Crippen molar-refractivity contribution in [3.63, 3.8) is 0 Å². The number of halogens is 1. The van der Waals surface area contributed by atoms with Gasteiger partial charge in [0.05, 0.1) is 18.3 Å². The molecule has 1 aromatic heterocycles. The van der Waals surface area contributed by atoms with E-state index in [1.807, 2.05) is 0 Å². The maximum atomic E-state index is 13.5. The molecule has 136 valence electrons. The van der Waals surface area contributed by atoms with Crippen LogP contribution in [0.1, 0.15) is 10.4 Å². The summed E-state index contributed by atoms with van der Waals surface area (Å²) in [5.74, 6) is -0.995. The lowest BCUT2D eigenvalue weighted by molar-refractivity contribution is -0.115. The normalized spacial score (nSPS) is 10.1. The van der Waals surface area contributed by atoms with Gasteiger partial charge < -0.3 is 15.4 Å². The van der Waals surface area contributed by atoms with Crippen molar-refractivity contribution in [2.45, 2.75) is 0 Å². The number of carbonyl (C=O) groups is 2. The van der Waals surface area contributed by atoms with Crippen LogP contribution in [0.25, 0.3) is 0 Å². The van der Waals surface area contributed by atoms with Gasteiger partial charge in [0, 0.05) is 24.1 Å². The summed E-state index contributed by atoms with van der Waals surface area (Å²) in [6.45, 7) is -0.303. The Hall–Kier alpha value is -3.81. The van der Waals surface area contributed by atoms with Crippen molar-refractivity contribution in [2.24, 2.45) is 0 Å². The third-order valence-corrected chi connectivity index (χ3v) is 3.41. The Morgan fingerprint density at radius 2 is 1.93 bits per heavy atom. The highest BCUT2D eigenvalue weighted by Gasteiger charge is 2.12. The van der Waals surface area contributed by atoms with Crippen LogP contribution in [0.15, 0.2) is 67.1 Å². The Morgan fingerprint density at radius 1 is 1.07 bits per heavy atom. The van der Waals surface area contributed by atoms with E-state index in [1.54, 1.807) is 30.3 Å². The molecule has 3 aromatic rings. The molecule has 0 saturated heterocycles. The Labute approximate surface area is 154 Å². The summed E-state index contributed by atoms with van der Waals surface area (Å²) in [6.07, 6.45) is 4.49. The van der Waals surface area contributed by atoms with Crippen LogP contribution in [-0.2, 0) is 4.79 Å². The van der Waals surface area contributed by atoms with Crippen LogP contribution in [-0.4, -0.2) is 28.3 Å². The molecule has 0 bridgehead atoms. The average molecular weight is 366 g/mol. The highest BCUT2D eigenvalue weighted by atomic mass is 19.1. The van der Waals surface area contributed by atoms with Crippen molar-refractivity contribution >= 4 is 17.5 Å². The van der Waals surface area contributed by atoms with E-state index in [1.165, 1.54) is 36.8 Å². The molecule has 0 aliphatic carbocycles. The first-order chi connectivity index (χ1) is 13.1. The van der Waals surface area contributed by atoms with Gasteiger partial charge in [-0.2, -0.15) is 0 Å². The van der Waals surface area contributed by atoms with Gasteiger partial charge in [0.1, 0.15) is 11.6 Å². The zero-order valence-corrected chi connectivity index (χ0v) is 14.1. The summed E-state index contributed by atoms with van der Waals surface area (Å²) in [5.41, 5.74) is 0.353. The number of hydrogen-bond donors (Lipinski definition) is 2. The first-order valence-corrected chi connectivity index (χ1v) is 7.98. The van der Waals surface area contributed by atoms with E-state index in [4.69, 9.17) is 4.74 Å². The fourth-order valence-electron chi connectivity index (χ4n) is 2.20. The molecule has 7 nitrogen and oxygen atoms in total. The standard InChI is InChI=1S/C19H15FN4O3/c20-16-7-2-1-6-15(16)19(26)23-11-17(25)24-13-4-3-5-14(10-13)27-18-12-21-8-9-22-18/h1-10,12H,11H2,(H,23,26)(H,24,25). The molecule has 2 amide bonds. The largest absolute Gasteiger partial charge is 0.437 e. The second-order valence-corrected chi connectivity index (χ2v) is 5.38. The maximum Gasteiger partial charge on any atom is 0.254 e. The van der Waals surface area contributed by atoms with Crippen molar-refractivity contribution in [3.05, 3.63) is 78.5 Å². The van der Waals surface area contributed by atoms with Crippen molar-refractivity contribution in [1.82, 2.24) is 15.3 Å². The van der Waals surface area contributed by atoms with Crippen LogP contribution in [0.3, 0.4) is 0 Å². The van der Waals surface area contributed by atoms with Crippen molar-refractivity contribution in [1.29, 1.82) is 0 Å². The van der Waals surface area contributed by atoms with Gasteiger partial charge in [0.25, 0.3) is 5.91 Å². The average Bonchev–Trinajstić information content (AvgIpc) is 2.67. The number of ether oxygens (including phenoxy) is 1. The second-order valence-electron chi connectivity index (χ2n) is 5.38. The Kier molecular flexibility index (Phi) is 5.68. The number of nitrogens with one attached hydrogen (secondary N) is 2. The van der Waals surface area contributed by atoms with Gasteiger partial charge in [-0.15, -0.1) is 0 Å². The zero-order chi connectivity index (χ0) is 19.1. The highest BCUT2D eigenvalue weighted by molar-refractivity contribution is 5.99. The number of benzene rings is 2. The molecule has 0 aliphatic heterocycles. The molecule has 3 rings (SSSR count). The van der Waals surface area contributed by atoms with Gasteiger partial charge in [-0.3, -0.25) is 14.6 Å². The molecule has 1 heterocycles. The molecule has 8 heteroatoms. The van der Waals surface area contributed by atoms with Crippen molar-refractivity contribution in [2.75, 3.05) is 11.9 Å². The summed E-state index contributed by atoms with van der Waals surface area (Å²) in [4.78, 5) is 31.8. The minimum atomic E-state index is -0.664. The van der Waals surface area contributed by atoms with Crippen LogP contribution in [0.5, 0.6) is 11.6 Å². The smallest absolute Gasteiger partial charge is 0.254 e. The summed E-state index contributed by atoms with van der Waals surface area (Å²) in [6, 6.07) is 12.2. The predicted octanol–water partition coefficient (Wildman–Crippen LogP) is 2.78. The lowest BCUT2D eigenvalue weighted by Gasteiger charge is -2.09. The number of carbonyl (C=O) groups excluding carboxylic acids is 2. The van der Waals surface area contributed by atoms with E-state index in [9.17, 15) is 14.0 Å². The van der Waals surface area contributed by atoms with Gasteiger partial charge in [-0.05, 0) is 24.3 Å². The van der Waals surface area contributed by atoms with E-state index in [-0.39, 0.29) is 12.1 Å². The molecule has 0 atom stereocenters.